The molecule has 112 valence electrons. The summed E-state index contributed by atoms with van der Waals surface area (Å²) in [6.07, 6.45) is 1.68. The van der Waals surface area contributed by atoms with Gasteiger partial charge in [0.25, 0.3) is 0 Å². The van der Waals surface area contributed by atoms with Crippen molar-refractivity contribution in [2.75, 3.05) is 31.6 Å². The van der Waals surface area contributed by atoms with Gasteiger partial charge in [0.2, 0.25) is 0 Å². The number of hydrogen-bond donors (Lipinski definition) is 0. The summed E-state index contributed by atoms with van der Waals surface area (Å²) in [7, 11) is 2.20. The number of likely N-dealkylation sites (N-methyl/N-ethyl adjacent to an activating group) is 1. The van der Waals surface area contributed by atoms with E-state index in [-0.39, 0.29) is 0 Å². The monoisotopic (exact) mass is 348 g/mol. The first-order chi connectivity index (χ1) is 10.1. The summed E-state index contributed by atoms with van der Waals surface area (Å²) in [6.45, 7) is 7.74. The third-order valence-corrected chi connectivity index (χ3v) is 4.73. The first-order valence-electron chi connectivity index (χ1n) is 7.41. The highest BCUT2D eigenvalue weighted by Crippen LogP contribution is 2.30. The standard InChI is InChI=1S/C16H21BrN4/c1-11(2)15-9-20(3)6-7-21(15)16-13-8-12(17)4-5-14(13)18-10-19-16/h4-5,8,10-11,15H,6-7,9H2,1-3H3. The van der Waals surface area contributed by atoms with Gasteiger partial charge in [0.15, 0.2) is 0 Å². The molecule has 1 saturated heterocycles. The van der Waals surface area contributed by atoms with Gasteiger partial charge in [-0.05, 0) is 31.2 Å². The molecule has 5 heteroatoms. The quantitative estimate of drug-likeness (QED) is 0.834. The summed E-state index contributed by atoms with van der Waals surface area (Å²) in [5.74, 6) is 1.65. The number of nitrogens with zero attached hydrogens (tertiary/aromatic N) is 4. The number of piperazine rings is 1. The topological polar surface area (TPSA) is 32.3 Å². The van der Waals surface area contributed by atoms with E-state index < -0.39 is 0 Å². The summed E-state index contributed by atoms with van der Waals surface area (Å²) < 4.78 is 1.07. The van der Waals surface area contributed by atoms with Crippen LogP contribution < -0.4 is 4.90 Å². The van der Waals surface area contributed by atoms with Gasteiger partial charge in [0, 0.05) is 35.5 Å². The van der Waals surface area contributed by atoms with Crippen molar-refractivity contribution in [2.24, 2.45) is 5.92 Å². The molecule has 1 aliphatic rings. The van der Waals surface area contributed by atoms with E-state index in [1.54, 1.807) is 6.33 Å². The van der Waals surface area contributed by atoms with Gasteiger partial charge in [-0.25, -0.2) is 9.97 Å². The second-order valence-electron chi connectivity index (χ2n) is 6.13. The van der Waals surface area contributed by atoms with Crippen molar-refractivity contribution in [3.05, 3.63) is 29.0 Å². The predicted octanol–water partition coefficient (Wildman–Crippen LogP) is 3.17. The summed E-state index contributed by atoms with van der Waals surface area (Å²) >= 11 is 3.56. The van der Waals surface area contributed by atoms with Crippen LogP contribution in [0.25, 0.3) is 10.9 Å². The zero-order valence-electron chi connectivity index (χ0n) is 12.8. The van der Waals surface area contributed by atoms with Crippen LogP contribution in [0.5, 0.6) is 0 Å². The van der Waals surface area contributed by atoms with E-state index in [0.29, 0.717) is 12.0 Å². The van der Waals surface area contributed by atoms with Crippen molar-refractivity contribution in [3.8, 4) is 0 Å². The Bertz CT molecular complexity index is 643. The maximum absolute atomic E-state index is 4.60. The molecule has 21 heavy (non-hydrogen) atoms. The lowest BCUT2D eigenvalue weighted by molar-refractivity contribution is 0.236. The first kappa shape index (κ1) is 14.7. The Morgan fingerprint density at radius 2 is 2.05 bits per heavy atom. The van der Waals surface area contributed by atoms with E-state index in [2.05, 4.69) is 62.7 Å². The second kappa shape index (κ2) is 5.89. The minimum Gasteiger partial charge on any atom is -0.350 e. The lowest BCUT2D eigenvalue weighted by atomic mass is 9.99. The molecule has 1 unspecified atom stereocenters. The lowest BCUT2D eigenvalue weighted by Gasteiger charge is -2.43. The molecule has 0 bridgehead atoms. The highest BCUT2D eigenvalue weighted by atomic mass is 79.9. The Labute approximate surface area is 134 Å². The van der Waals surface area contributed by atoms with E-state index in [0.717, 1.165) is 40.8 Å². The van der Waals surface area contributed by atoms with Crippen LogP contribution in [-0.2, 0) is 0 Å². The van der Waals surface area contributed by atoms with Crippen LogP contribution in [0.15, 0.2) is 29.0 Å². The fourth-order valence-corrected chi connectivity index (χ4v) is 3.39. The molecule has 0 amide bonds. The van der Waals surface area contributed by atoms with E-state index in [1.165, 1.54) is 0 Å². The molecular formula is C16H21BrN4. The molecule has 4 nitrogen and oxygen atoms in total. The maximum Gasteiger partial charge on any atom is 0.140 e. The van der Waals surface area contributed by atoms with Crippen molar-refractivity contribution in [3.63, 3.8) is 0 Å². The fourth-order valence-electron chi connectivity index (χ4n) is 3.03. The Kier molecular flexibility index (Phi) is 4.13. The van der Waals surface area contributed by atoms with Gasteiger partial charge in [-0.2, -0.15) is 0 Å². The minimum absolute atomic E-state index is 0.487. The number of benzene rings is 1. The molecule has 1 atom stereocenters. The number of fused-ring (bicyclic) bond motifs is 1. The molecule has 2 heterocycles. The van der Waals surface area contributed by atoms with Gasteiger partial charge in [-0.1, -0.05) is 29.8 Å². The van der Waals surface area contributed by atoms with Gasteiger partial charge in [-0.3, -0.25) is 0 Å². The van der Waals surface area contributed by atoms with Gasteiger partial charge in [0.1, 0.15) is 12.1 Å². The second-order valence-corrected chi connectivity index (χ2v) is 7.04. The molecule has 0 saturated carbocycles. The molecule has 1 aliphatic heterocycles. The van der Waals surface area contributed by atoms with E-state index >= 15 is 0 Å². The highest BCUT2D eigenvalue weighted by Gasteiger charge is 2.29. The van der Waals surface area contributed by atoms with Crippen LogP contribution in [0.1, 0.15) is 13.8 Å². The summed E-state index contributed by atoms with van der Waals surface area (Å²) in [5.41, 5.74) is 1.00. The molecule has 0 spiro atoms. The van der Waals surface area contributed by atoms with Crippen LogP contribution in [0.3, 0.4) is 0 Å². The van der Waals surface area contributed by atoms with Gasteiger partial charge in [0.05, 0.1) is 5.52 Å². The third kappa shape index (κ3) is 2.90. The van der Waals surface area contributed by atoms with Crippen molar-refractivity contribution in [1.82, 2.24) is 14.9 Å². The first-order valence-corrected chi connectivity index (χ1v) is 8.21. The zero-order chi connectivity index (χ0) is 15.0. The Hall–Kier alpha value is -1.20. The van der Waals surface area contributed by atoms with Gasteiger partial charge < -0.3 is 9.80 Å². The van der Waals surface area contributed by atoms with Crippen molar-refractivity contribution >= 4 is 32.7 Å². The maximum atomic E-state index is 4.60. The number of anilines is 1. The fraction of sp³-hybridized carbons (Fsp3) is 0.500. The van der Waals surface area contributed by atoms with Gasteiger partial charge in [-0.15, -0.1) is 0 Å². The summed E-state index contributed by atoms with van der Waals surface area (Å²) in [5, 5.41) is 1.13. The van der Waals surface area contributed by atoms with E-state index in [1.807, 2.05) is 12.1 Å². The molecule has 0 aliphatic carbocycles. The number of rotatable bonds is 2. The smallest absolute Gasteiger partial charge is 0.140 e. The molecular weight excluding hydrogens is 328 g/mol. The number of aromatic nitrogens is 2. The van der Waals surface area contributed by atoms with Crippen LogP contribution in [0.4, 0.5) is 5.82 Å². The zero-order valence-corrected chi connectivity index (χ0v) is 14.3. The van der Waals surface area contributed by atoms with E-state index in [9.17, 15) is 0 Å². The van der Waals surface area contributed by atoms with Crippen LogP contribution in [0.2, 0.25) is 0 Å². The normalized spacial score (nSPS) is 20.4. The average Bonchev–Trinajstić information content (AvgIpc) is 2.46. The van der Waals surface area contributed by atoms with Crippen molar-refractivity contribution in [2.45, 2.75) is 19.9 Å². The Morgan fingerprint density at radius 1 is 1.24 bits per heavy atom. The summed E-state index contributed by atoms with van der Waals surface area (Å²) in [6, 6.07) is 6.69. The Morgan fingerprint density at radius 3 is 2.81 bits per heavy atom. The van der Waals surface area contributed by atoms with Crippen LogP contribution >= 0.6 is 15.9 Å². The largest absolute Gasteiger partial charge is 0.350 e. The minimum atomic E-state index is 0.487. The van der Waals surface area contributed by atoms with Gasteiger partial charge >= 0.3 is 0 Å². The number of hydrogen-bond acceptors (Lipinski definition) is 4. The molecule has 0 radical (unpaired) electrons. The summed E-state index contributed by atoms with van der Waals surface area (Å²) in [4.78, 5) is 13.9. The van der Waals surface area contributed by atoms with Crippen molar-refractivity contribution < 1.29 is 0 Å². The molecule has 3 rings (SSSR count). The number of halogens is 1. The molecule has 1 aromatic heterocycles. The highest BCUT2D eigenvalue weighted by molar-refractivity contribution is 9.10. The third-order valence-electron chi connectivity index (χ3n) is 4.24. The Balaban J connectivity index is 2.08. The molecule has 2 aromatic rings. The van der Waals surface area contributed by atoms with Crippen LogP contribution in [0, 0.1) is 5.92 Å². The lowest BCUT2D eigenvalue weighted by Crippen LogP contribution is -2.54. The SMILES string of the molecule is CC(C)C1CN(C)CCN1c1ncnc2ccc(Br)cc12. The van der Waals surface area contributed by atoms with Crippen molar-refractivity contribution in [1.29, 1.82) is 0 Å². The average molecular weight is 349 g/mol. The molecule has 0 N–H and O–H groups in total. The molecule has 1 aromatic carbocycles. The van der Waals surface area contributed by atoms with Crippen LogP contribution in [-0.4, -0.2) is 47.6 Å². The van der Waals surface area contributed by atoms with E-state index in [4.69, 9.17) is 0 Å². The molecule has 1 fully saturated rings. The predicted molar refractivity (Wildman–Crippen MR) is 90.7 cm³/mol.